The number of nitrogens with one attached hydrogen (secondary N) is 1. The second-order valence-corrected chi connectivity index (χ2v) is 3.82. The van der Waals surface area contributed by atoms with Gasteiger partial charge in [0.15, 0.2) is 5.82 Å². The van der Waals surface area contributed by atoms with Crippen LogP contribution in [-0.4, -0.2) is 16.0 Å². The molecule has 1 N–H and O–H groups in total. The second kappa shape index (κ2) is 4.78. The van der Waals surface area contributed by atoms with Gasteiger partial charge in [0.1, 0.15) is 0 Å². The van der Waals surface area contributed by atoms with Crippen LogP contribution in [0, 0.1) is 13.8 Å². The van der Waals surface area contributed by atoms with E-state index in [2.05, 4.69) is 15.5 Å². The Kier molecular flexibility index (Phi) is 3.18. The van der Waals surface area contributed by atoms with Gasteiger partial charge in [-0.2, -0.15) is 4.98 Å². The van der Waals surface area contributed by atoms with Gasteiger partial charge in [-0.1, -0.05) is 22.9 Å². The van der Waals surface area contributed by atoms with E-state index in [-0.39, 0.29) is 12.3 Å². The lowest BCUT2D eigenvalue weighted by Gasteiger charge is -2.03. The Morgan fingerprint density at radius 3 is 2.59 bits per heavy atom. The molecule has 2 aromatic rings. The van der Waals surface area contributed by atoms with Gasteiger partial charge in [-0.05, 0) is 19.1 Å². The summed E-state index contributed by atoms with van der Waals surface area (Å²) < 4.78 is 4.79. The molecule has 0 saturated heterocycles. The number of anilines is 1. The number of carbonyl (C=O) groups excluding carboxylic acids is 1. The molecule has 0 bridgehead atoms. The molecule has 1 heterocycles. The molecule has 0 aliphatic carbocycles. The summed E-state index contributed by atoms with van der Waals surface area (Å²) in [7, 11) is 0. The second-order valence-electron chi connectivity index (χ2n) is 3.82. The van der Waals surface area contributed by atoms with Crippen LogP contribution in [0.5, 0.6) is 0 Å². The molecule has 0 unspecified atom stereocenters. The summed E-state index contributed by atoms with van der Waals surface area (Å²) in [5.41, 5.74) is 1.91. The number of benzene rings is 1. The molecule has 0 aliphatic rings. The summed E-state index contributed by atoms with van der Waals surface area (Å²) in [5, 5.41) is 6.43. The first-order valence-electron chi connectivity index (χ1n) is 5.29. The third-order valence-electron chi connectivity index (χ3n) is 2.22. The minimum absolute atomic E-state index is 0.116. The third kappa shape index (κ3) is 3.14. The number of hydrogen-bond donors (Lipinski definition) is 1. The van der Waals surface area contributed by atoms with E-state index in [4.69, 9.17) is 4.52 Å². The summed E-state index contributed by atoms with van der Waals surface area (Å²) in [5.74, 6) is 0.699. The summed E-state index contributed by atoms with van der Waals surface area (Å²) in [4.78, 5) is 15.6. The Balaban J connectivity index is 1.95. The average Bonchev–Trinajstić information content (AvgIpc) is 2.67. The van der Waals surface area contributed by atoms with Crippen molar-refractivity contribution in [2.45, 2.75) is 20.3 Å². The molecule has 0 atom stereocenters. The quantitative estimate of drug-likeness (QED) is 0.875. The van der Waals surface area contributed by atoms with Crippen LogP contribution in [0.1, 0.15) is 17.3 Å². The molecule has 0 fully saturated rings. The Hall–Kier alpha value is -2.17. The van der Waals surface area contributed by atoms with E-state index in [1.54, 1.807) is 6.92 Å². The summed E-state index contributed by atoms with van der Waals surface area (Å²) in [6.07, 6.45) is 0.116. The van der Waals surface area contributed by atoms with Gasteiger partial charge in [0, 0.05) is 12.6 Å². The molecule has 2 rings (SSSR count). The Morgan fingerprint density at radius 2 is 2.00 bits per heavy atom. The van der Waals surface area contributed by atoms with Gasteiger partial charge in [0.2, 0.25) is 11.8 Å². The van der Waals surface area contributed by atoms with Crippen LogP contribution in [0.3, 0.4) is 0 Å². The zero-order valence-electron chi connectivity index (χ0n) is 9.73. The van der Waals surface area contributed by atoms with Crippen LogP contribution in [0.25, 0.3) is 0 Å². The van der Waals surface area contributed by atoms with Crippen molar-refractivity contribution in [2.24, 2.45) is 0 Å². The monoisotopic (exact) mass is 231 g/mol. The fourth-order valence-electron chi connectivity index (χ4n) is 1.40. The van der Waals surface area contributed by atoms with E-state index in [0.717, 1.165) is 11.3 Å². The van der Waals surface area contributed by atoms with E-state index < -0.39 is 0 Å². The number of hydrogen-bond acceptors (Lipinski definition) is 4. The predicted octanol–water partition coefficient (Wildman–Crippen LogP) is 1.87. The lowest BCUT2D eigenvalue weighted by molar-refractivity contribution is -0.115. The molecular weight excluding hydrogens is 218 g/mol. The SMILES string of the molecule is Cc1ccc(NC(=O)Cc2noc(C)n2)cc1. The van der Waals surface area contributed by atoms with E-state index in [9.17, 15) is 4.79 Å². The first-order chi connectivity index (χ1) is 8.13. The maximum Gasteiger partial charge on any atom is 0.232 e. The summed E-state index contributed by atoms with van der Waals surface area (Å²) in [6, 6.07) is 7.59. The summed E-state index contributed by atoms with van der Waals surface area (Å²) >= 11 is 0. The zero-order valence-corrected chi connectivity index (χ0v) is 9.73. The molecule has 5 nitrogen and oxygen atoms in total. The number of rotatable bonds is 3. The first-order valence-corrected chi connectivity index (χ1v) is 5.29. The molecule has 17 heavy (non-hydrogen) atoms. The zero-order chi connectivity index (χ0) is 12.3. The molecule has 1 aromatic heterocycles. The number of carbonyl (C=O) groups is 1. The van der Waals surface area contributed by atoms with Gasteiger partial charge >= 0.3 is 0 Å². The molecule has 1 amide bonds. The van der Waals surface area contributed by atoms with Gasteiger partial charge in [0.25, 0.3) is 0 Å². The van der Waals surface area contributed by atoms with Crippen LogP contribution in [0.4, 0.5) is 5.69 Å². The Labute approximate surface area is 98.8 Å². The smallest absolute Gasteiger partial charge is 0.232 e. The molecule has 0 aliphatic heterocycles. The molecule has 0 spiro atoms. The van der Waals surface area contributed by atoms with Crippen molar-refractivity contribution in [3.05, 3.63) is 41.5 Å². The number of aromatic nitrogens is 2. The Bertz CT molecular complexity index is 517. The van der Waals surface area contributed by atoms with Gasteiger partial charge in [-0.25, -0.2) is 0 Å². The highest BCUT2D eigenvalue weighted by atomic mass is 16.5. The largest absolute Gasteiger partial charge is 0.340 e. The van der Waals surface area contributed by atoms with Crippen molar-refractivity contribution >= 4 is 11.6 Å². The van der Waals surface area contributed by atoms with Gasteiger partial charge in [0.05, 0.1) is 6.42 Å². The van der Waals surface area contributed by atoms with Crippen molar-refractivity contribution in [2.75, 3.05) is 5.32 Å². The van der Waals surface area contributed by atoms with Crippen molar-refractivity contribution < 1.29 is 9.32 Å². The molecule has 1 aromatic carbocycles. The van der Waals surface area contributed by atoms with E-state index in [1.807, 2.05) is 31.2 Å². The van der Waals surface area contributed by atoms with E-state index in [0.29, 0.717) is 11.7 Å². The minimum atomic E-state index is -0.158. The van der Waals surface area contributed by atoms with Crippen molar-refractivity contribution in [3.8, 4) is 0 Å². The molecule has 0 saturated carbocycles. The maximum atomic E-state index is 11.6. The van der Waals surface area contributed by atoms with Crippen molar-refractivity contribution in [1.29, 1.82) is 0 Å². The van der Waals surface area contributed by atoms with Gasteiger partial charge < -0.3 is 9.84 Å². The topological polar surface area (TPSA) is 68.0 Å². The van der Waals surface area contributed by atoms with Crippen molar-refractivity contribution in [1.82, 2.24) is 10.1 Å². The summed E-state index contributed by atoms with van der Waals surface area (Å²) in [6.45, 7) is 3.68. The van der Waals surface area contributed by atoms with Crippen LogP contribution >= 0.6 is 0 Å². The maximum absolute atomic E-state index is 11.6. The highest BCUT2D eigenvalue weighted by Crippen LogP contribution is 2.09. The van der Waals surface area contributed by atoms with Gasteiger partial charge in [-0.3, -0.25) is 4.79 Å². The lowest BCUT2D eigenvalue weighted by atomic mass is 10.2. The lowest BCUT2D eigenvalue weighted by Crippen LogP contribution is -2.15. The number of aryl methyl sites for hydroxylation is 2. The number of nitrogens with zero attached hydrogens (tertiary/aromatic N) is 2. The molecular formula is C12H13N3O2. The van der Waals surface area contributed by atoms with Crippen LogP contribution in [0.15, 0.2) is 28.8 Å². The highest BCUT2D eigenvalue weighted by molar-refractivity contribution is 5.91. The van der Waals surface area contributed by atoms with E-state index >= 15 is 0 Å². The minimum Gasteiger partial charge on any atom is -0.340 e. The third-order valence-corrected chi connectivity index (χ3v) is 2.22. The molecule has 88 valence electrons. The van der Waals surface area contributed by atoms with Crippen LogP contribution < -0.4 is 5.32 Å². The Morgan fingerprint density at radius 1 is 1.29 bits per heavy atom. The predicted molar refractivity (Wildman–Crippen MR) is 62.5 cm³/mol. The average molecular weight is 231 g/mol. The molecule has 5 heteroatoms. The van der Waals surface area contributed by atoms with E-state index in [1.165, 1.54) is 0 Å². The van der Waals surface area contributed by atoms with Crippen LogP contribution in [-0.2, 0) is 11.2 Å². The fraction of sp³-hybridized carbons (Fsp3) is 0.250. The van der Waals surface area contributed by atoms with Crippen LogP contribution in [0.2, 0.25) is 0 Å². The number of amides is 1. The molecule has 0 radical (unpaired) electrons. The fourth-order valence-corrected chi connectivity index (χ4v) is 1.40. The first kappa shape index (κ1) is 11.3. The standard InChI is InChI=1S/C12H13N3O2/c1-8-3-5-10(6-4-8)14-12(16)7-11-13-9(2)17-15-11/h3-6H,7H2,1-2H3,(H,14,16). The van der Waals surface area contributed by atoms with Crippen molar-refractivity contribution in [3.63, 3.8) is 0 Å². The van der Waals surface area contributed by atoms with Gasteiger partial charge in [-0.15, -0.1) is 0 Å². The normalized spacial score (nSPS) is 10.2. The highest BCUT2D eigenvalue weighted by Gasteiger charge is 2.09.